The van der Waals surface area contributed by atoms with Crippen molar-refractivity contribution >= 4 is 19.5 Å². The van der Waals surface area contributed by atoms with Gasteiger partial charge in [-0.15, -0.1) is 0 Å². The summed E-state index contributed by atoms with van der Waals surface area (Å²) in [5, 5.41) is 17.4. The summed E-state index contributed by atoms with van der Waals surface area (Å²) in [4.78, 5) is 0. The molecule has 2 N–H and O–H groups in total. The van der Waals surface area contributed by atoms with Crippen LogP contribution in [-0.4, -0.2) is 31.2 Å². The fraction of sp³-hybridized carbons (Fsp3) is 0.167. The maximum atomic E-state index is 8.70. The molecule has 1 heterocycles. The van der Waals surface area contributed by atoms with Crippen LogP contribution in [0.25, 0.3) is 0 Å². The van der Waals surface area contributed by atoms with Crippen LogP contribution >= 0.6 is 0 Å². The second-order valence-electron chi connectivity index (χ2n) is 2.15. The van der Waals surface area contributed by atoms with Gasteiger partial charge in [-0.3, -0.25) is 0 Å². The molecule has 0 aliphatic rings. The van der Waals surface area contributed by atoms with E-state index in [2.05, 4.69) is 0 Å². The van der Waals surface area contributed by atoms with Crippen LogP contribution in [-0.2, 0) is 0 Å². The molecule has 0 atom stereocenters. The van der Waals surface area contributed by atoms with Crippen LogP contribution in [0.2, 0.25) is 0 Å². The predicted octanol–water partition coefficient (Wildman–Crippen LogP) is -1.29. The van der Waals surface area contributed by atoms with Gasteiger partial charge in [0, 0.05) is 0 Å². The number of ether oxygens (including phenoxy) is 1. The molecule has 0 amide bonds. The van der Waals surface area contributed by atoms with Gasteiger partial charge in [0.15, 0.2) is 0 Å². The van der Waals surface area contributed by atoms with Crippen LogP contribution < -0.4 is 10.2 Å². The van der Waals surface area contributed by atoms with Crippen molar-refractivity contribution in [3.63, 3.8) is 0 Å². The Balaban J connectivity index is 2.83. The van der Waals surface area contributed by atoms with Crippen molar-refractivity contribution in [3.05, 3.63) is 18.1 Å². The van der Waals surface area contributed by atoms with Gasteiger partial charge < -0.3 is 0 Å². The molecule has 1 rings (SSSR count). The standard InChI is InChI=1S/C6H8B2O3/c1-11-6-3-2-5(4-7-6)8(9)10/h2-4,9-10H,1H3. The Morgan fingerprint density at radius 1 is 1.45 bits per heavy atom. The van der Waals surface area contributed by atoms with Crippen molar-refractivity contribution < 1.29 is 14.8 Å². The molecular formula is C6H8B2O3. The zero-order valence-corrected chi connectivity index (χ0v) is 6.19. The van der Waals surface area contributed by atoms with Gasteiger partial charge in [-0.1, -0.05) is 0 Å². The molecule has 0 aromatic carbocycles. The van der Waals surface area contributed by atoms with Crippen LogP contribution in [0.1, 0.15) is 0 Å². The molecule has 56 valence electrons. The van der Waals surface area contributed by atoms with Crippen molar-refractivity contribution in [1.29, 1.82) is 0 Å². The third kappa shape index (κ3) is 2.06. The molecule has 0 spiro atoms. The van der Waals surface area contributed by atoms with E-state index in [1.807, 2.05) is 0 Å². The molecular weight excluding hydrogens is 142 g/mol. The van der Waals surface area contributed by atoms with Gasteiger partial charge in [0.2, 0.25) is 0 Å². The van der Waals surface area contributed by atoms with Crippen LogP contribution in [0, 0.1) is 0 Å². The van der Waals surface area contributed by atoms with Crippen LogP contribution in [0.3, 0.4) is 0 Å². The maximum absolute atomic E-state index is 8.70. The molecule has 3 nitrogen and oxygen atoms in total. The molecule has 0 bridgehead atoms. The van der Waals surface area contributed by atoms with Crippen LogP contribution in [0.4, 0.5) is 0 Å². The van der Waals surface area contributed by atoms with E-state index in [-0.39, 0.29) is 0 Å². The monoisotopic (exact) mass is 150 g/mol. The summed E-state index contributed by atoms with van der Waals surface area (Å²) in [7, 11) is 0.158. The molecule has 0 saturated carbocycles. The predicted molar refractivity (Wildman–Crippen MR) is 44.2 cm³/mol. The molecule has 11 heavy (non-hydrogen) atoms. The molecule has 0 aliphatic heterocycles. The normalized spacial score (nSPS) is 9.00. The van der Waals surface area contributed by atoms with Gasteiger partial charge in [0.25, 0.3) is 0 Å². The van der Waals surface area contributed by atoms with Gasteiger partial charge in [-0.2, -0.15) is 0 Å². The minimum atomic E-state index is -1.40. The van der Waals surface area contributed by atoms with E-state index in [1.54, 1.807) is 32.1 Å². The van der Waals surface area contributed by atoms with Crippen molar-refractivity contribution in [1.82, 2.24) is 0 Å². The van der Waals surface area contributed by atoms with Crippen LogP contribution in [0.15, 0.2) is 18.1 Å². The quantitative estimate of drug-likeness (QED) is 0.515. The van der Waals surface area contributed by atoms with Gasteiger partial charge in [0.05, 0.1) is 0 Å². The number of methoxy groups -OCH3 is 1. The summed E-state index contributed by atoms with van der Waals surface area (Å²) < 4.78 is 4.89. The summed E-state index contributed by atoms with van der Waals surface area (Å²) in [6, 6.07) is 3.28. The fourth-order valence-corrected chi connectivity index (χ4v) is 0.776. The average molecular weight is 150 g/mol. The molecule has 0 aliphatic carbocycles. The van der Waals surface area contributed by atoms with Gasteiger partial charge >= 0.3 is 65.1 Å². The average Bonchev–Trinajstić information content (AvgIpc) is 2.05. The van der Waals surface area contributed by atoms with E-state index < -0.39 is 7.12 Å². The van der Waals surface area contributed by atoms with Crippen molar-refractivity contribution in [2.45, 2.75) is 0 Å². The Hall–Kier alpha value is -0.800. The summed E-state index contributed by atoms with van der Waals surface area (Å²) in [6.45, 7) is 1.68. The van der Waals surface area contributed by atoms with E-state index >= 15 is 0 Å². The zero-order valence-electron chi connectivity index (χ0n) is 6.19. The SMILES string of the molecule is COc1bcc(B(O)O)cc1. The Morgan fingerprint density at radius 3 is 2.55 bits per heavy atom. The van der Waals surface area contributed by atoms with Gasteiger partial charge in [-0.25, -0.2) is 0 Å². The molecule has 0 fully saturated rings. The molecule has 1 aromatic heterocycles. The first-order valence-corrected chi connectivity index (χ1v) is 3.24. The first kappa shape index (κ1) is 8.30. The topological polar surface area (TPSA) is 49.7 Å². The van der Waals surface area contributed by atoms with E-state index in [0.717, 1.165) is 0 Å². The third-order valence-corrected chi connectivity index (χ3v) is 1.41. The number of hydrogen-bond donors (Lipinski definition) is 2. The molecule has 1 aromatic rings. The van der Waals surface area contributed by atoms with Crippen molar-refractivity contribution in [2.24, 2.45) is 0 Å². The molecule has 5 heteroatoms. The van der Waals surface area contributed by atoms with E-state index in [4.69, 9.17) is 14.8 Å². The second-order valence-corrected chi connectivity index (χ2v) is 2.15. The van der Waals surface area contributed by atoms with E-state index in [0.29, 0.717) is 11.1 Å². The minimum absolute atomic E-state index is 0.464. The summed E-state index contributed by atoms with van der Waals surface area (Å²) >= 11 is 0. The van der Waals surface area contributed by atoms with E-state index in [1.165, 1.54) is 0 Å². The third-order valence-electron chi connectivity index (χ3n) is 1.41. The summed E-state index contributed by atoms with van der Waals surface area (Å²) in [5.74, 6) is 1.60. The Kier molecular flexibility index (Phi) is 2.68. The zero-order chi connectivity index (χ0) is 8.27. The first-order valence-electron chi connectivity index (χ1n) is 3.24. The molecule has 0 radical (unpaired) electrons. The Morgan fingerprint density at radius 2 is 2.18 bits per heavy atom. The summed E-state index contributed by atoms with van der Waals surface area (Å²) in [6.07, 6.45) is 0. The van der Waals surface area contributed by atoms with E-state index in [9.17, 15) is 0 Å². The fourth-order valence-electron chi connectivity index (χ4n) is 0.776. The number of rotatable bonds is 2. The second kappa shape index (κ2) is 3.55. The van der Waals surface area contributed by atoms with Gasteiger partial charge in [-0.05, 0) is 0 Å². The molecule has 0 unspecified atom stereocenters. The Labute approximate surface area is 66.0 Å². The van der Waals surface area contributed by atoms with Crippen molar-refractivity contribution in [3.8, 4) is 5.64 Å². The first-order chi connectivity index (χ1) is 5.24. The van der Waals surface area contributed by atoms with Crippen LogP contribution in [0.5, 0.6) is 5.64 Å². The number of hydrogen-bond acceptors (Lipinski definition) is 3. The molecule has 0 saturated heterocycles. The van der Waals surface area contributed by atoms with Crippen molar-refractivity contribution in [2.75, 3.05) is 7.11 Å². The Bertz CT molecular complexity index is 222. The van der Waals surface area contributed by atoms with Gasteiger partial charge in [0.1, 0.15) is 0 Å². The summed E-state index contributed by atoms with van der Waals surface area (Å²) in [5.41, 5.74) is 1.17.